The molecule has 0 bridgehead atoms. The fourth-order valence-electron chi connectivity index (χ4n) is 2.84. The van der Waals surface area contributed by atoms with Gasteiger partial charge in [0.2, 0.25) is 5.91 Å². The molecule has 0 saturated carbocycles. The van der Waals surface area contributed by atoms with Gasteiger partial charge in [0.05, 0.1) is 5.41 Å². The average molecular weight is 405 g/mol. The fraction of sp³-hybridized carbons (Fsp3) is 0.714. The Labute approximate surface area is 173 Å². The summed E-state index contributed by atoms with van der Waals surface area (Å²) >= 11 is 0. The Morgan fingerprint density at radius 3 is 1.66 bits per heavy atom. The van der Waals surface area contributed by atoms with Crippen molar-refractivity contribution >= 4 is 23.4 Å². The summed E-state index contributed by atoms with van der Waals surface area (Å²) in [6.07, 6.45) is 5.60. The topological polar surface area (TPSA) is 120 Å². The van der Waals surface area contributed by atoms with E-state index in [4.69, 9.17) is 11.8 Å². The van der Waals surface area contributed by atoms with E-state index in [1.807, 2.05) is 0 Å². The van der Waals surface area contributed by atoms with Crippen LogP contribution in [-0.4, -0.2) is 23.4 Å². The van der Waals surface area contributed by atoms with Crippen LogP contribution >= 0.6 is 0 Å². The van der Waals surface area contributed by atoms with E-state index in [-0.39, 0.29) is 23.4 Å². The quantitative estimate of drug-likeness (QED) is 0.199. The SMILES string of the molecule is [C-]#[N+]NC(=O)C(C)(C)CCCC(=O)CCCC(=O)CCCC(C)(C)C(=O)NC#N. The Kier molecular flexibility index (Phi) is 11.5. The predicted octanol–water partition coefficient (Wildman–Crippen LogP) is 3.24. The summed E-state index contributed by atoms with van der Waals surface area (Å²) in [6.45, 7) is 13.6. The van der Waals surface area contributed by atoms with E-state index >= 15 is 0 Å². The van der Waals surface area contributed by atoms with Crippen molar-refractivity contribution in [1.82, 2.24) is 10.7 Å². The lowest BCUT2D eigenvalue weighted by molar-refractivity contribution is -0.129. The van der Waals surface area contributed by atoms with Gasteiger partial charge in [0.15, 0.2) is 6.19 Å². The van der Waals surface area contributed by atoms with E-state index in [9.17, 15) is 19.2 Å². The zero-order valence-corrected chi connectivity index (χ0v) is 17.9. The van der Waals surface area contributed by atoms with Crippen LogP contribution in [0.3, 0.4) is 0 Å². The molecule has 2 N–H and O–H groups in total. The molecule has 0 aromatic rings. The summed E-state index contributed by atoms with van der Waals surface area (Å²) in [5, 5.41) is 10.6. The van der Waals surface area contributed by atoms with Crippen molar-refractivity contribution < 1.29 is 19.2 Å². The lowest BCUT2D eigenvalue weighted by Crippen LogP contribution is -2.34. The summed E-state index contributed by atoms with van der Waals surface area (Å²) < 4.78 is 0. The fourth-order valence-corrected chi connectivity index (χ4v) is 2.84. The largest absolute Gasteiger partial charge is 0.300 e. The second-order valence-corrected chi connectivity index (χ2v) is 8.52. The average Bonchev–Trinajstić information content (AvgIpc) is 2.61. The molecule has 8 nitrogen and oxygen atoms in total. The van der Waals surface area contributed by atoms with Crippen molar-refractivity contribution in [2.24, 2.45) is 10.8 Å². The minimum atomic E-state index is -0.703. The molecular weight excluding hydrogens is 372 g/mol. The number of nitrogens with one attached hydrogen (secondary N) is 2. The van der Waals surface area contributed by atoms with Gasteiger partial charge in [-0.25, -0.2) is 0 Å². The smallest absolute Gasteiger partial charge is 0.293 e. The molecule has 0 aliphatic carbocycles. The number of ketones is 2. The number of nitriles is 1. The molecule has 0 aliphatic rings. The molecule has 160 valence electrons. The number of hydrogen-bond acceptors (Lipinski definition) is 5. The molecule has 0 heterocycles. The molecule has 0 atom stereocenters. The van der Waals surface area contributed by atoms with Gasteiger partial charge in [-0.15, -0.1) is 0 Å². The van der Waals surface area contributed by atoms with E-state index < -0.39 is 10.8 Å². The summed E-state index contributed by atoms with van der Waals surface area (Å²) in [4.78, 5) is 50.2. The maximum absolute atomic E-state index is 12.0. The summed E-state index contributed by atoms with van der Waals surface area (Å²) in [5.74, 6) is -0.577. The molecule has 0 rings (SSSR count). The van der Waals surface area contributed by atoms with Crippen LogP contribution in [0.15, 0.2) is 0 Å². The molecule has 8 heteroatoms. The van der Waals surface area contributed by atoms with Crippen LogP contribution in [0.4, 0.5) is 0 Å². The molecule has 0 fully saturated rings. The highest BCUT2D eigenvalue weighted by molar-refractivity contribution is 5.84. The summed E-state index contributed by atoms with van der Waals surface area (Å²) in [5.41, 5.74) is 0.704. The maximum Gasteiger partial charge on any atom is 0.293 e. The number of hydrogen-bond donors (Lipinski definition) is 2. The number of carbonyl (C=O) groups excluding carboxylic acids is 4. The van der Waals surface area contributed by atoms with Gasteiger partial charge in [-0.3, -0.25) is 24.5 Å². The predicted molar refractivity (Wildman–Crippen MR) is 108 cm³/mol. The first-order valence-corrected chi connectivity index (χ1v) is 9.86. The number of nitrogens with zero attached hydrogens (tertiary/aromatic N) is 2. The summed E-state index contributed by atoms with van der Waals surface area (Å²) in [6, 6.07) is 0. The Hall–Kier alpha value is -2.74. The molecule has 29 heavy (non-hydrogen) atoms. The van der Waals surface area contributed by atoms with Gasteiger partial charge >= 0.3 is 0 Å². The van der Waals surface area contributed by atoms with Crippen molar-refractivity contribution in [2.75, 3.05) is 0 Å². The molecular formula is C21H32N4O4. The lowest BCUT2D eigenvalue weighted by Gasteiger charge is -2.21. The molecule has 0 saturated heterocycles. The molecule has 0 aromatic carbocycles. The van der Waals surface area contributed by atoms with Crippen LogP contribution in [-0.2, 0) is 19.2 Å². The van der Waals surface area contributed by atoms with Crippen LogP contribution in [0.2, 0.25) is 0 Å². The van der Waals surface area contributed by atoms with Gasteiger partial charge in [-0.05, 0) is 32.1 Å². The Bertz CT molecular complexity index is 626. The Balaban J connectivity index is 4.01. The van der Waals surface area contributed by atoms with E-state index in [1.54, 1.807) is 33.9 Å². The van der Waals surface area contributed by atoms with Gasteiger partial charge in [0, 0.05) is 31.1 Å². The van der Waals surface area contributed by atoms with E-state index in [0.29, 0.717) is 57.8 Å². The van der Waals surface area contributed by atoms with E-state index in [0.717, 1.165) is 0 Å². The highest BCUT2D eigenvalue weighted by atomic mass is 16.2. The van der Waals surface area contributed by atoms with E-state index in [1.165, 1.54) is 0 Å². The normalized spacial score (nSPS) is 11.1. The van der Waals surface area contributed by atoms with Crippen molar-refractivity contribution in [1.29, 1.82) is 5.26 Å². The number of carbonyl (C=O) groups is 4. The van der Waals surface area contributed by atoms with E-state index in [2.05, 4.69) is 15.7 Å². The first-order chi connectivity index (χ1) is 13.5. The molecule has 2 amide bonds. The third kappa shape index (κ3) is 11.0. The first kappa shape index (κ1) is 26.3. The number of amides is 2. The Morgan fingerprint density at radius 1 is 0.828 bits per heavy atom. The van der Waals surface area contributed by atoms with Crippen LogP contribution in [0.1, 0.15) is 85.5 Å². The molecule has 0 aliphatic heterocycles. The zero-order valence-electron chi connectivity index (χ0n) is 17.9. The number of Topliss-reactive ketones (excluding diaryl/α,β-unsaturated/α-hetero) is 2. The van der Waals surface area contributed by atoms with Gasteiger partial charge in [-0.2, -0.15) is 16.8 Å². The third-order valence-corrected chi connectivity index (χ3v) is 4.98. The minimum absolute atomic E-state index is 0.0613. The summed E-state index contributed by atoms with van der Waals surface area (Å²) in [7, 11) is 0. The van der Waals surface area contributed by atoms with Crippen LogP contribution in [0.5, 0.6) is 0 Å². The zero-order chi connectivity index (χ0) is 22.5. The Morgan fingerprint density at radius 2 is 1.24 bits per heavy atom. The van der Waals surface area contributed by atoms with Crippen molar-refractivity contribution in [2.45, 2.75) is 85.5 Å². The highest BCUT2D eigenvalue weighted by Crippen LogP contribution is 2.25. The standard InChI is InChI=1S/C21H32N4O4/c1-20(2,18(28)24-15-22)13-7-11-16(26)9-6-10-17(27)12-8-14-21(3,4)19(29)25-23-5/h6-14H2,1-4H3,(H,24,28)(H,25,29). The maximum atomic E-state index is 12.0. The lowest BCUT2D eigenvalue weighted by atomic mass is 9.85. The number of rotatable bonds is 14. The molecule has 0 radical (unpaired) electrons. The molecule has 0 spiro atoms. The minimum Gasteiger partial charge on any atom is -0.300 e. The third-order valence-electron chi connectivity index (χ3n) is 4.98. The van der Waals surface area contributed by atoms with Crippen LogP contribution in [0.25, 0.3) is 4.95 Å². The van der Waals surface area contributed by atoms with Crippen molar-refractivity contribution in [3.05, 3.63) is 11.5 Å². The van der Waals surface area contributed by atoms with Gasteiger partial charge in [0.1, 0.15) is 11.6 Å². The molecule has 0 unspecified atom stereocenters. The molecule has 0 aromatic heterocycles. The van der Waals surface area contributed by atoms with Crippen molar-refractivity contribution in [3.63, 3.8) is 0 Å². The highest BCUT2D eigenvalue weighted by Gasteiger charge is 2.29. The van der Waals surface area contributed by atoms with Crippen LogP contribution < -0.4 is 10.7 Å². The van der Waals surface area contributed by atoms with Crippen LogP contribution in [0, 0.1) is 28.9 Å². The second-order valence-electron chi connectivity index (χ2n) is 8.52. The van der Waals surface area contributed by atoms with Gasteiger partial charge in [0.25, 0.3) is 5.91 Å². The second kappa shape index (κ2) is 12.7. The van der Waals surface area contributed by atoms with Gasteiger partial charge < -0.3 is 0 Å². The monoisotopic (exact) mass is 404 g/mol. The first-order valence-electron chi connectivity index (χ1n) is 9.86. The van der Waals surface area contributed by atoms with Crippen molar-refractivity contribution in [3.8, 4) is 6.19 Å². The van der Waals surface area contributed by atoms with Gasteiger partial charge in [-0.1, -0.05) is 33.1 Å².